The van der Waals surface area contributed by atoms with Crippen LogP contribution in [0.5, 0.6) is 0 Å². The zero-order valence-electron chi connectivity index (χ0n) is 9.61. The van der Waals surface area contributed by atoms with Gasteiger partial charge in [0.2, 0.25) is 0 Å². The molecule has 0 spiro atoms. The molecule has 1 amide bonds. The van der Waals surface area contributed by atoms with Gasteiger partial charge in [-0.25, -0.2) is 9.18 Å². The van der Waals surface area contributed by atoms with Crippen molar-refractivity contribution in [3.63, 3.8) is 0 Å². The zero-order chi connectivity index (χ0) is 13.1. The lowest BCUT2D eigenvalue weighted by Gasteiger charge is -2.06. The van der Waals surface area contributed by atoms with E-state index in [1.54, 1.807) is 0 Å². The Balaban J connectivity index is 1.88. The van der Waals surface area contributed by atoms with Crippen LogP contribution < -0.4 is 11.1 Å². The first-order valence-corrected chi connectivity index (χ1v) is 5.57. The Morgan fingerprint density at radius 3 is 2.72 bits per heavy atom. The summed E-state index contributed by atoms with van der Waals surface area (Å²) < 4.78 is 17.8. The fourth-order valence-electron chi connectivity index (χ4n) is 1.44. The number of halogens is 1. The maximum atomic E-state index is 13.0. The summed E-state index contributed by atoms with van der Waals surface area (Å²) in [5.41, 5.74) is 5.52. The van der Waals surface area contributed by atoms with Gasteiger partial charge >= 0.3 is 5.97 Å². The maximum absolute atomic E-state index is 13.0. The second-order valence-corrected chi connectivity index (χ2v) is 4.19. The lowest BCUT2D eigenvalue weighted by atomic mass is 10.2. The highest BCUT2D eigenvalue weighted by molar-refractivity contribution is 5.92. The minimum atomic E-state index is -0.771. The predicted octanol–water partition coefficient (Wildman–Crippen LogP) is 0.843. The molecule has 1 fully saturated rings. The fourth-order valence-corrected chi connectivity index (χ4v) is 1.44. The lowest BCUT2D eigenvalue weighted by molar-refractivity contribution is -0.124. The van der Waals surface area contributed by atoms with Gasteiger partial charge in [0.1, 0.15) is 5.82 Å². The van der Waals surface area contributed by atoms with Gasteiger partial charge in [0.05, 0.1) is 5.56 Å². The molecular weight excluding hydrogens is 239 g/mol. The Kier molecular flexibility index (Phi) is 3.45. The van der Waals surface area contributed by atoms with Crippen molar-refractivity contribution in [2.45, 2.75) is 18.9 Å². The van der Waals surface area contributed by atoms with Crippen molar-refractivity contribution < 1.29 is 18.7 Å². The molecule has 1 aromatic carbocycles. The van der Waals surface area contributed by atoms with Gasteiger partial charge in [-0.05, 0) is 31.0 Å². The summed E-state index contributed by atoms with van der Waals surface area (Å²) in [6.45, 7) is -0.369. The first kappa shape index (κ1) is 12.3. The molecule has 1 saturated carbocycles. The summed E-state index contributed by atoms with van der Waals surface area (Å²) in [6.07, 6.45) is 1.92. The average molecular weight is 252 g/mol. The van der Waals surface area contributed by atoms with Gasteiger partial charge in [0, 0.05) is 11.7 Å². The highest BCUT2D eigenvalue weighted by Gasteiger charge is 2.23. The summed E-state index contributed by atoms with van der Waals surface area (Å²) in [5, 5.41) is 2.67. The Labute approximate surface area is 103 Å². The van der Waals surface area contributed by atoms with Gasteiger partial charge < -0.3 is 15.8 Å². The van der Waals surface area contributed by atoms with Gasteiger partial charge in [-0.1, -0.05) is 0 Å². The zero-order valence-corrected chi connectivity index (χ0v) is 9.61. The van der Waals surface area contributed by atoms with Crippen LogP contribution in [0.15, 0.2) is 18.2 Å². The highest BCUT2D eigenvalue weighted by atomic mass is 19.1. The summed E-state index contributed by atoms with van der Waals surface area (Å²) >= 11 is 0. The number of esters is 1. The van der Waals surface area contributed by atoms with Crippen molar-refractivity contribution in [2.75, 3.05) is 12.3 Å². The first-order chi connectivity index (χ1) is 8.54. The second kappa shape index (κ2) is 5.03. The van der Waals surface area contributed by atoms with Crippen molar-refractivity contribution in [3.8, 4) is 0 Å². The number of anilines is 1. The van der Waals surface area contributed by atoms with E-state index in [0.29, 0.717) is 0 Å². The number of rotatable bonds is 4. The molecule has 0 unspecified atom stereocenters. The molecule has 5 nitrogen and oxygen atoms in total. The number of nitrogens with two attached hydrogens (primary N) is 1. The molecule has 0 atom stereocenters. The highest BCUT2D eigenvalue weighted by Crippen LogP contribution is 2.18. The van der Waals surface area contributed by atoms with Gasteiger partial charge in [-0.15, -0.1) is 0 Å². The van der Waals surface area contributed by atoms with Crippen LogP contribution >= 0.6 is 0 Å². The van der Waals surface area contributed by atoms with E-state index in [2.05, 4.69) is 5.32 Å². The van der Waals surface area contributed by atoms with Crippen molar-refractivity contribution >= 4 is 17.6 Å². The third kappa shape index (κ3) is 3.44. The smallest absolute Gasteiger partial charge is 0.338 e. The van der Waals surface area contributed by atoms with Crippen LogP contribution in [0.1, 0.15) is 23.2 Å². The molecule has 3 N–H and O–H groups in total. The molecule has 1 aliphatic rings. The van der Waals surface area contributed by atoms with Crippen molar-refractivity contribution in [3.05, 3.63) is 29.6 Å². The third-order valence-electron chi connectivity index (χ3n) is 2.43. The van der Waals surface area contributed by atoms with Gasteiger partial charge in [-0.3, -0.25) is 4.79 Å². The van der Waals surface area contributed by atoms with Crippen LogP contribution in [0.4, 0.5) is 10.1 Å². The average Bonchev–Trinajstić information content (AvgIpc) is 3.08. The van der Waals surface area contributed by atoms with E-state index in [4.69, 9.17) is 10.5 Å². The van der Waals surface area contributed by atoms with E-state index in [0.717, 1.165) is 25.0 Å². The number of carbonyl (C=O) groups is 2. The number of nitrogen functional groups attached to an aromatic ring is 1. The van der Waals surface area contributed by atoms with Gasteiger partial charge in [0.15, 0.2) is 6.61 Å². The molecular formula is C12H13FN2O3. The molecule has 1 aliphatic carbocycles. The molecule has 0 radical (unpaired) electrons. The van der Waals surface area contributed by atoms with Crippen molar-refractivity contribution in [1.82, 2.24) is 5.32 Å². The van der Waals surface area contributed by atoms with Gasteiger partial charge in [-0.2, -0.15) is 0 Å². The molecule has 2 rings (SSSR count). The maximum Gasteiger partial charge on any atom is 0.338 e. The Bertz CT molecular complexity index is 466. The fraction of sp³-hybridized carbons (Fsp3) is 0.333. The normalized spacial score (nSPS) is 14.1. The number of nitrogens with one attached hydrogen (secondary N) is 1. The van der Waals surface area contributed by atoms with E-state index in [1.165, 1.54) is 6.07 Å². The first-order valence-electron chi connectivity index (χ1n) is 5.57. The molecule has 0 aromatic heterocycles. The SMILES string of the molecule is Nc1cc(F)cc(C(=O)OCC(=O)NC2CC2)c1. The van der Waals surface area contributed by atoms with Crippen LogP contribution in [0.2, 0.25) is 0 Å². The molecule has 0 heterocycles. The number of ether oxygens (including phenoxy) is 1. The monoisotopic (exact) mass is 252 g/mol. The van der Waals surface area contributed by atoms with E-state index in [-0.39, 0.29) is 29.8 Å². The van der Waals surface area contributed by atoms with Crippen LogP contribution in [0.3, 0.4) is 0 Å². The number of carbonyl (C=O) groups excluding carboxylic acids is 2. The summed E-state index contributed by atoms with van der Waals surface area (Å²) in [6, 6.07) is 3.61. The molecule has 1 aromatic rings. The topological polar surface area (TPSA) is 81.4 Å². The number of amides is 1. The molecule has 0 saturated heterocycles. The van der Waals surface area contributed by atoms with E-state index in [9.17, 15) is 14.0 Å². The lowest BCUT2D eigenvalue weighted by Crippen LogP contribution is -2.30. The van der Waals surface area contributed by atoms with Crippen LogP contribution in [0, 0.1) is 5.82 Å². The largest absolute Gasteiger partial charge is 0.452 e. The summed E-state index contributed by atoms with van der Waals surface area (Å²) in [7, 11) is 0. The Morgan fingerprint density at radius 1 is 1.39 bits per heavy atom. The molecule has 0 aliphatic heterocycles. The number of hydrogen-bond acceptors (Lipinski definition) is 4. The molecule has 6 heteroatoms. The van der Waals surface area contributed by atoms with Crippen LogP contribution in [-0.2, 0) is 9.53 Å². The summed E-state index contributed by atoms with van der Waals surface area (Å²) in [4.78, 5) is 22.8. The predicted molar refractivity (Wildman–Crippen MR) is 62.3 cm³/mol. The van der Waals surface area contributed by atoms with E-state index < -0.39 is 11.8 Å². The quantitative estimate of drug-likeness (QED) is 0.614. The number of hydrogen-bond donors (Lipinski definition) is 2. The van der Waals surface area contributed by atoms with Crippen LogP contribution in [-0.4, -0.2) is 24.5 Å². The van der Waals surface area contributed by atoms with E-state index in [1.807, 2.05) is 0 Å². The minimum Gasteiger partial charge on any atom is -0.452 e. The van der Waals surface area contributed by atoms with E-state index >= 15 is 0 Å². The summed E-state index contributed by atoms with van der Waals surface area (Å²) in [5.74, 6) is -1.74. The van der Waals surface area contributed by atoms with Crippen LogP contribution in [0.25, 0.3) is 0 Å². The third-order valence-corrected chi connectivity index (χ3v) is 2.43. The molecule has 0 bridgehead atoms. The standard InChI is InChI=1S/C12H13FN2O3/c13-8-3-7(4-9(14)5-8)12(17)18-6-11(16)15-10-1-2-10/h3-5,10H,1-2,6,14H2,(H,15,16). The minimum absolute atomic E-state index is 0.00766. The number of benzene rings is 1. The Morgan fingerprint density at radius 2 is 2.11 bits per heavy atom. The van der Waals surface area contributed by atoms with Gasteiger partial charge in [0.25, 0.3) is 5.91 Å². The molecule has 96 valence electrons. The Hall–Kier alpha value is -2.11. The molecule has 18 heavy (non-hydrogen) atoms. The second-order valence-electron chi connectivity index (χ2n) is 4.19. The van der Waals surface area contributed by atoms with Crippen molar-refractivity contribution in [2.24, 2.45) is 0 Å². The van der Waals surface area contributed by atoms with Crippen molar-refractivity contribution in [1.29, 1.82) is 0 Å².